The second-order valence-corrected chi connectivity index (χ2v) is 9.36. The number of hydrogen-bond acceptors (Lipinski definition) is 6. The number of rotatable bonds is 6. The number of hydrogen-bond donors (Lipinski definition) is 1. The largest absolute Gasteiger partial charge is 0.453 e. The van der Waals surface area contributed by atoms with E-state index in [0.29, 0.717) is 28.5 Å². The number of benzene rings is 1. The fourth-order valence-corrected chi connectivity index (χ4v) is 3.85. The third-order valence-electron chi connectivity index (χ3n) is 4.53. The van der Waals surface area contributed by atoms with Crippen molar-refractivity contribution < 1.29 is 18.3 Å². The van der Waals surface area contributed by atoms with Crippen molar-refractivity contribution in [3.05, 3.63) is 40.2 Å². The molecule has 0 saturated heterocycles. The zero-order valence-electron chi connectivity index (χ0n) is 15.9. The molecule has 0 amide bonds. The van der Waals surface area contributed by atoms with Crippen LogP contribution in [0.25, 0.3) is 0 Å². The van der Waals surface area contributed by atoms with Gasteiger partial charge in [0, 0.05) is 12.2 Å². The van der Waals surface area contributed by atoms with Gasteiger partial charge in [-0.05, 0) is 56.9 Å². The second-order valence-electron chi connectivity index (χ2n) is 7.25. The fraction of sp³-hybridized carbons (Fsp3) is 0.474. The highest BCUT2D eigenvalue weighted by Gasteiger charge is 2.35. The van der Waals surface area contributed by atoms with Crippen LogP contribution >= 0.6 is 0 Å². The lowest BCUT2D eigenvalue weighted by molar-refractivity contribution is 0.185. The number of aryl methyl sites for hydroxylation is 2. The van der Waals surface area contributed by atoms with E-state index >= 15 is 0 Å². The zero-order valence-corrected chi connectivity index (χ0v) is 16.7. The molecule has 0 bridgehead atoms. The molecule has 0 spiro atoms. The van der Waals surface area contributed by atoms with E-state index in [1.807, 2.05) is 13.8 Å². The Morgan fingerprint density at radius 1 is 1.37 bits per heavy atom. The molecule has 2 aromatic rings. The first kappa shape index (κ1) is 19.4. The zero-order chi connectivity index (χ0) is 19.9. The molecule has 1 aliphatic carbocycles. The Labute approximate surface area is 159 Å². The molecular weight excluding hydrogens is 366 g/mol. The Morgan fingerprint density at radius 3 is 2.41 bits per heavy atom. The van der Waals surface area contributed by atoms with E-state index in [2.05, 4.69) is 11.2 Å². The van der Waals surface area contributed by atoms with Crippen LogP contribution in [0.1, 0.15) is 59.9 Å². The summed E-state index contributed by atoms with van der Waals surface area (Å²) < 4.78 is 31.0. The molecule has 1 heterocycles. The number of aromatic nitrogens is 2. The molecule has 144 valence electrons. The number of aliphatic hydroxyl groups excluding tert-OH is 1. The van der Waals surface area contributed by atoms with Gasteiger partial charge in [0.25, 0.3) is 0 Å². The lowest BCUT2D eigenvalue weighted by Gasteiger charge is -2.14. The van der Waals surface area contributed by atoms with E-state index in [-0.39, 0.29) is 11.8 Å². The summed E-state index contributed by atoms with van der Waals surface area (Å²) in [6.07, 6.45) is 2.10. The van der Waals surface area contributed by atoms with Crippen molar-refractivity contribution in [2.24, 2.45) is 0 Å². The molecule has 27 heavy (non-hydrogen) atoms. The van der Waals surface area contributed by atoms with Gasteiger partial charge in [-0.3, -0.25) is 0 Å². The van der Waals surface area contributed by atoms with Crippen molar-refractivity contribution >= 4 is 9.84 Å². The molecule has 1 saturated carbocycles. The minimum absolute atomic E-state index is 0.207. The highest BCUT2D eigenvalue weighted by Crippen LogP contribution is 2.47. The Morgan fingerprint density at radius 2 is 1.96 bits per heavy atom. The van der Waals surface area contributed by atoms with E-state index in [9.17, 15) is 18.8 Å². The maximum absolute atomic E-state index is 11.8. The summed E-state index contributed by atoms with van der Waals surface area (Å²) in [5.41, 5.74) is 3.22. The van der Waals surface area contributed by atoms with Gasteiger partial charge in [-0.2, -0.15) is 10.4 Å². The van der Waals surface area contributed by atoms with E-state index in [1.165, 1.54) is 4.68 Å². The number of ether oxygens (including phenoxy) is 1. The lowest BCUT2D eigenvalue weighted by Crippen LogP contribution is -2.14. The van der Waals surface area contributed by atoms with E-state index < -0.39 is 15.9 Å². The highest BCUT2D eigenvalue weighted by atomic mass is 32.2. The molecule has 1 aromatic heterocycles. The van der Waals surface area contributed by atoms with Crippen molar-refractivity contribution in [1.29, 1.82) is 5.26 Å². The van der Waals surface area contributed by atoms with Crippen LogP contribution in [0.4, 0.5) is 0 Å². The molecular formula is C19H23N3O4S. The molecule has 1 fully saturated rings. The summed E-state index contributed by atoms with van der Waals surface area (Å²) in [4.78, 5) is 0. The highest BCUT2D eigenvalue weighted by molar-refractivity contribution is 7.89. The Hall–Kier alpha value is -2.37. The molecule has 3 rings (SSSR count). The van der Waals surface area contributed by atoms with Crippen molar-refractivity contribution in [2.45, 2.75) is 51.5 Å². The van der Waals surface area contributed by atoms with Gasteiger partial charge in [0.15, 0.2) is 15.6 Å². The minimum Gasteiger partial charge on any atom is -0.453 e. The van der Waals surface area contributed by atoms with Crippen LogP contribution in [0, 0.1) is 25.2 Å². The van der Waals surface area contributed by atoms with Crippen LogP contribution in [0.15, 0.2) is 12.1 Å². The molecule has 1 aliphatic rings. The lowest BCUT2D eigenvalue weighted by atomic mass is 10.0. The predicted molar refractivity (Wildman–Crippen MR) is 100 cm³/mol. The quantitative estimate of drug-likeness (QED) is 0.814. The smallest absolute Gasteiger partial charge is 0.174 e. The average Bonchev–Trinajstić information content (AvgIpc) is 3.29. The number of nitrogens with zero attached hydrogens (tertiary/aromatic N) is 3. The Bertz CT molecular complexity index is 1000. The standard InChI is InChI=1S/C19H23N3O4S/c1-11-7-15(8-12(2)16(11)9-20)26-19-17(14-5-6-14)21-22(10-27(4,24)25)18(19)13(3)23/h7-8,13-14,23H,5-6,10H2,1-4H3. The normalized spacial score (nSPS) is 15.4. The van der Waals surface area contributed by atoms with Gasteiger partial charge in [-0.1, -0.05) is 0 Å². The minimum atomic E-state index is -3.34. The first-order valence-electron chi connectivity index (χ1n) is 8.76. The first-order valence-corrected chi connectivity index (χ1v) is 10.8. The third-order valence-corrected chi connectivity index (χ3v) is 5.24. The summed E-state index contributed by atoms with van der Waals surface area (Å²) in [6, 6.07) is 5.71. The van der Waals surface area contributed by atoms with Gasteiger partial charge in [0.2, 0.25) is 0 Å². The third kappa shape index (κ3) is 4.15. The summed E-state index contributed by atoms with van der Waals surface area (Å²) in [6.45, 7) is 5.24. The molecule has 1 unspecified atom stereocenters. The maximum atomic E-state index is 11.8. The number of nitriles is 1. The molecule has 0 aliphatic heterocycles. The van der Waals surface area contributed by atoms with Crippen LogP contribution in [0.3, 0.4) is 0 Å². The van der Waals surface area contributed by atoms with Gasteiger partial charge in [0.05, 0.1) is 17.7 Å². The molecule has 1 N–H and O–H groups in total. The fourth-order valence-electron chi connectivity index (χ4n) is 3.21. The summed E-state index contributed by atoms with van der Waals surface area (Å²) in [5, 5.41) is 24.0. The van der Waals surface area contributed by atoms with Gasteiger partial charge < -0.3 is 9.84 Å². The Kier molecular flexibility index (Phi) is 5.02. The van der Waals surface area contributed by atoms with Gasteiger partial charge >= 0.3 is 0 Å². The van der Waals surface area contributed by atoms with Crippen molar-refractivity contribution in [3.63, 3.8) is 0 Å². The van der Waals surface area contributed by atoms with Crippen LogP contribution in [0.5, 0.6) is 11.5 Å². The molecule has 7 nitrogen and oxygen atoms in total. The van der Waals surface area contributed by atoms with Crippen molar-refractivity contribution in [1.82, 2.24) is 9.78 Å². The van der Waals surface area contributed by atoms with Crippen LogP contribution in [-0.4, -0.2) is 29.6 Å². The van der Waals surface area contributed by atoms with E-state index in [1.54, 1.807) is 19.1 Å². The topological polar surface area (TPSA) is 105 Å². The number of sulfone groups is 1. The van der Waals surface area contributed by atoms with E-state index in [4.69, 9.17) is 4.74 Å². The predicted octanol–water partition coefficient (Wildman–Crippen LogP) is 3.10. The number of aliphatic hydroxyl groups is 1. The van der Waals surface area contributed by atoms with Gasteiger partial charge in [0.1, 0.15) is 23.0 Å². The Balaban J connectivity index is 2.10. The van der Waals surface area contributed by atoms with Crippen molar-refractivity contribution in [2.75, 3.05) is 6.26 Å². The first-order chi connectivity index (χ1) is 12.6. The van der Waals surface area contributed by atoms with Gasteiger partial charge in [-0.25, -0.2) is 13.1 Å². The van der Waals surface area contributed by atoms with Crippen molar-refractivity contribution in [3.8, 4) is 17.6 Å². The van der Waals surface area contributed by atoms with Crippen LogP contribution in [-0.2, 0) is 15.7 Å². The summed E-state index contributed by atoms with van der Waals surface area (Å²) >= 11 is 0. The molecule has 8 heteroatoms. The molecule has 0 radical (unpaired) electrons. The molecule has 1 atom stereocenters. The summed E-state index contributed by atoms with van der Waals surface area (Å²) in [5.74, 6) is 0.840. The van der Waals surface area contributed by atoms with E-state index in [0.717, 1.165) is 30.2 Å². The average molecular weight is 389 g/mol. The van der Waals surface area contributed by atoms with Crippen LogP contribution < -0.4 is 4.74 Å². The SMILES string of the molecule is Cc1cc(Oc2c(C3CC3)nn(CS(C)(=O)=O)c2C(C)O)cc(C)c1C#N. The van der Waals surface area contributed by atoms with Gasteiger partial charge in [-0.15, -0.1) is 0 Å². The second kappa shape index (κ2) is 6.98. The summed E-state index contributed by atoms with van der Waals surface area (Å²) in [7, 11) is -3.34. The van der Waals surface area contributed by atoms with Crippen LogP contribution in [0.2, 0.25) is 0 Å². The maximum Gasteiger partial charge on any atom is 0.174 e. The molecule has 1 aromatic carbocycles. The monoisotopic (exact) mass is 389 g/mol.